The van der Waals surface area contributed by atoms with E-state index in [1.54, 1.807) is 6.07 Å². The fourth-order valence-corrected chi connectivity index (χ4v) is 2.37. The predicted molar refractivity (Wildman–Crippen MR) is 99.4 cm³/mol. The molecule has 0 amide bonds. The summed E-state index contributed by atoms with van der Waals surface area (Å²) in [6.45, 7) is 3.92. The summed E-state index contributed by atoms with van der Waals surface area (Å²) in [5, 5.41) is 5.37. The monoisotopic (exact) mass is 365 g/mol. The van der Waals surface area contributed by atoms with Gasteiger partial charge in [-0.05, 0) is 30.5 Å². The lowest BCUT2D eigenvalue weighted by Gasteiger charge is -2.15. The Morgan fingerprint density at radius 3 is 2.62 bits per heavy atom. The molecule has 0 unspecified atom stereocenters. The van der Waals surface area contributed by atoms with E-state index >= 15 is 0 Å². The lowest BCUT2D eigenvalue weighted by molar-refractivity contribution is -0.137. The van der Waals surface area contributed by atoms with E-state index in [1.165, 1.54) is 7.05 Å². The van der Waals surface area contributed by atoms with Gasteiger partial charge in [0.05, 0.1) is 0 Å². The summed E-state index contributed by atoms with van der Waals surface area (Å²) in [6, 6.07) is 3.65. The Hall–Kier alpha value is -2.77. The van der Waals surface area contributed by atoms with Crippen molar-refractivity contribution in [3.05, 3.63) is 41.1 Å². The van der Waals surface area contributed by atoms with Gasteiger partial charge in [-0.25, -0.2) is 4.98 Å². The highest BCUT2D eigenvalue weighted by molar-refractivity contribution is 5.76. The smallest absolute Gasteiger partial charge is 0.398 e. The first-order chi connectivity index (χ1) is 12.3. The Kier molecular flexibility index (Phi) is 6.07. The molecule has 4 N–H and O–H groups in total. The summed E-state index contributed by atoms with van der Waals surface area (Å²) >= 11 is 0. The fourth-order valence-electron chi connectivity index (χ4n) is 2.37. The van der Waals surface area contributed by atoms with Gasteiger partial charge in [-0.2, -0.15) is 18.2 Å². The second-order valence-electron chi connectivity index (χ2n) is 5.76. The molecule has 0 fully saturated rings. The van der Waals surface area contributed by atoms with Gasteiger partial charge in [0.2, 0.25) is 5.95 Å². The van der Waals surface area contributed by atoms with Gasteiger partial charge in [-0.1, -0.05) is 31.6 Å². The van der Waals surface area contributed by atoms with Gasteiger partial charge in [0, 0.05) is 24.6 Å². The summed E-state index contributed by atoms with van der Waals surface area (Å²) < 4.78 is 38.8. The van der Waals surface area contributed by atoms with Crippen molar-refractivity contribution in [1.29, 1.82) is 0 Å². The van der Waals surface area contributed by atoms with Crippen LogP contribution in [0.3, 0.4) is 0 Å². The van der Waals surface area contributed by atoms with E-state index in [9.17, 15) is 13.2 Å². The first-order valence-corrected chi connectivity index (χ1v) is 8.22. The summed E-state index contributed by atoms with van der Waals surface area (Å²) in [7, 11) is 1.38. The van der Waals surface area contributed by atoms with E-state index in [4.69, 9.17) is 5.73 Å². The molecular weight excluding hydrogens is 343 g/mol. The van der Waals surface area contributed by atoms with Crippen LogP contribution in [0.1, 0.15) is 36.5 Å². The number of hydrogen-bond donors (Lipinski definition) is 3. The largest absolute Gasteiger partial charge is 0.421 e. The molecule has 0 bridgehead atoms. The van der Waals surface area contributed by atoms with Crippen LogP contribution in [0.2, 0.25) is 0 Å². The highest BCUT2D eigenvalue weighted by atomic mass is 19.4. The molecule has 0 spiro atoms. The molecule has 0 saturated carbocycles. The van der Waals surface area contributed by atoms with Crippen LogP contribution < -0.4 is 16.4 Å². The van der Waals surface area contributed by atoms with Gasteiger partial charge in [0.1, 0.15) is 11.4 Å². The normalized spacial score (nSPS) is 11.8. The minimum absolute atomic E-state index is 0.0547. The van der Waals surface area contributed by atoms with Crippen molar-refractivity contribution in [2.24, 2.45) is 0 Å². The first-order valence-electron chi connectivity index (χ1n) is 8.22. The Labute approximate surface area is 150 Å². The van der Waals surface area contributed by atoms with Gasteiger partial charge < -0.3 is 16.4 Å². The average molecular weight is 365 g/mol. The molecule has 0 saturated heterocycles. The fraction of sp³-hybridized carbons (Fsp3) is 0.333. The first kappa shape index (κ1) is 19.6. The molecule has 8 heteroatoms. The molecule has 1 aromatic heterocycles. The third-order valence-corrected chi connectivity index (χ3v) is 3.88. The SMILES string of the molecule is CCC/C=C\c1ccc(Nc2ncc(C(F)(F)F)c(NC)n2)c(C)c1N. The van der Waals surface area contributed by atoms with Crippen molar-refractivity contribution in [3.8, 4) is 0 Å². The minimum atomic E-state index is -4.52. The van der Waals surface area contributed by atoms with E-state index in [0.29, 0.717) is 11.4 Å². The van der Waals surface area contributed by atoms with Crippen LogP contribution in [0.5, 0.6) is 0 Å². The van der Waals surface area contributed by atoms with E-state index in [1.807, 2.05) is 19.1 Å². The number of nitrogens with zero attached hydrogens (tertiary/aromatic N) is 2. The lowest BCUT2D eigenvalue weighted by atomic mass is 10.1. The number of halogens is 3. The van der Waals surface area contributed by atoms with Gasteiger partial charge >= 0.3 is 6.18 Å². The molecule has 1 heterocycles. The van der Waals surface area contributed by atoms with E-state index in [0.717, 1.165) is 30.2 Å². The Morgan fingerprint density at radius 2 is 2.00 bits per heavy atom. The number of benzene rings is 1. The lowest BCUT2D eigenvalue weighted by Crippen LogP contribution is -2.12. The summed E-state index contributed by atoms with van der Waals surface area (Å²) in [6.07, 6.45) is 2.25. The number of allylic oxidation sites excluding steroid dienone is 1. The van der Waals surface area contributed by atoms with Crippen LogP contribution in [0.15, 0.2) is 24.4 Å². The van der Waals surface area contributed by atoms with Crippen LogP contribution >= 0.6 is 0 Å². The van der Waals surface area contributed by atoms with Crippen LogP contribution in [-0.2, 0) is 6.18 Å². The van der Waals surface area contributed by atoms with Crippen molar-refractivity contribution < 1.29 is 13.2 Å². The summed E-state index contributed by atoms with van der Waals surface area (Å²) in [5.41, 5.74) is 8.15. The number of aromatic nitrogens is 2. The van der Waals surface area contributed by atoms with Crippen LogP contribution in [0, 0.1) is 6.92 Å². The maximum Gasteiger partial charge on any atom is 0.421 e. The quantitative estimate of drug-likeness (QED) is 0.629. The van der Waals surface area contributed by atoms with Gasteiger partial charge in [-0.3, -0.25) is 0 Å². The number of unbranched alkanes of at least 4 members (excludes halogenated alkanes) is 1. The molecule has 5 nitrogen and oxygen atoms in total. The number of rotatable bonds is 6. The van der Waals surface area contributed by atoms with Crippen LogP contribution in [-0.4, -0.2) is 17.0 Å². The highest BCUT2D eigenvalue weighted by Gasteiger charge is 2.35. The number of anilines is 4. The Morgan fingerprint density at radius 1 is 1.27 bits per heavy atom. The number of alkyl halides is 3. The summed E-state index contributed by atoms with van der Waals surface area (Å²) in [4.78, 5) is 7.66. The predicted octanol–water partition coefficient (Wildman–Crippen LogP) is 4.98. The van der Waals surface area contributed by atoms with Crippen molar-refractivity contribution in [2.75, 3.05) is 23.4 Å². The number of nitrogens with one attached hydrogen (secondary N) is 2. The highest BCUT2D eigenvalue weighted by Crippen LogP contribution is 2.34. The van der Waals surface area contributed by atoms with Gasteiger partial charge in [-0.15, -0.1) is 0 Å². The molecule has 0 aliphatic rings. The van der Waals surface area contributed by atoms with Crippen molar-refractivity contribution in [3.63, 3.8) is 0 Å². The molecule has 2 aromatic rings. The molecular formula is C18H22F3N5. The molecule has 1 aromatic carbocycles. The molecule has 140 valence electrons. The standard InChI is InChI=1S/C18H22F3N5/c1-4-5-6-7-12-8-9-14(11(2)15(12)22)25-17-24-10-13(18(19,20)21)16(23-3)26-17/h6-10H,4-5,22H2,1-3H3,(H2,23,24,25,26)/b7-6-. The van der Waals surface area contributed by atoms with Crippen molar-refractivity contribution in [2.45, 2.75) is 32.9 Å². The van der Waals surface area contributed by atoms with E-state index < -0.39 is 11.7 Å². The van der Waals surface area contributed by atoms with Crippen LogP contribution in [0.4, 0.5) is 36.3 Å². The zero-order chi connectivity index (χ0) is 19.3. The zero-order valence-electron chi connectivity index (χ0n) is 14.9. The van der Waals surface area contributed by atoms with Gasteiger partial charge in [0.15, 0.2) is 0 Å². The Balaban J connectivity index is 2.30. The topological polar surface area (TPSA) is 75.9 Å². The number of nitrogens with two attached hydrogens (primary N) is 1. The third kappa shape index (κ3) is 4.44. The van der Waals surface area contributed by atoms with E-state index in [-0.39, 0.29) is 11.8 Å². The summed E-state index contributed by atoms with van der Waals surface area (Å²) in [5.74, 6) is -0.237. The maximum absolute atomic E-state index is 12.9. The molecule has 0 atom stereocenters. The van der Waals surface area contributed by atoms with Crippen LogP contribution in [0.25, 0.3) is 6.08 Å². The zero-order valence-corrected chi connectivity index (χ0v) is 14.9. The minimum Gasteiger partial charge on any atom is -0.398 e. The molecule has 26 heavy (non-hydrogen) atoms. The number of nitrogen functional groups attached to an aromatic ring is 1. The third-order valence-electron chi connectivity index (χ3n) is 3.88. The molecule has 0 aliphatic heterocycles. The second kappa shape index (κ2) is 8.07. The second-order valence-corrected chi connectivity index (χ2v) is 5.76. The average Bonchev–Trinajstić information content (AvgIpc) is 2.60. The van der Waals surface area contributed by atoms with Crippen molar-refractivity contribution >= 4 is 29.2 Å². The van der Waals surface area contributed by atoms with E-state index in [2.05, 4.69) is 33.6 Å². The molecule has 0 aliphatic carbocycles. The maximum atomic E-state index is 12.9. The van der Waals surface area contributed by atoms with Gasteiger partial charge in [0.25, 0.3) is 0 Å². The molecule has 0 radical (unpaired) electrons. The number of hydrogen-bond acceptors (Lipinski definition) is 5. The molecule has 2 rings (SSSR count). The van der Waals surface area contributed by atoms with Crippen molar-refractivity contribution in [1.82, 2.24) is 9.97 Å². The Bertz CT molecular complexity index is 800.